The van der Waals surface area contributed by atoms with Crippen LogP contribution in [0.25, 0.3) is 0 Å². The largest absolute Gasteiger partial charge is 0.399 e. The van der Waals surface area contributed by atoms with Crippen LogP contribution in [0.3, 0.4) is 0 Å². The molecule has 0 aliphatic heterocycles. The Kier molecular flexibility index (Phi) is 5.31. The fourth-order valence-electron chi connectivity index (χ4n) is 3.18. The van der Waals surface area contributed by atoms with Crippen molar-refractivity contribution >= 4 is 17.1 Å². The van der Waals surface area contributed by atoms with Crippen LogP contribution in [-0.4, -0.2) is 28.2 Å². The average Bonchev–Trinajstić information content (AvgIpc) is 2.65. The quantitative estimate of drug-likeness (QED) is 0.407. The first-order chi connectivity index (χ1) is 12.9. The average molecular weight is 359 g/mol. The lowest BCUT2D eigenvalue weighted by molar-refractivity contribution is 1.12. The van der Waals surface area contributed by atoms with E-state index in [1.54, 1.807) is 0 Å². The second kappa shape index (κ2) is 7.67. The Morgan fingerprint density at radius 1 is 0.630 bits per heavy atom. The van der Waals surface area contributed by atoms with Gasteiger partial charge < -0.3 is 15.5 Å². The zero-order valence-corrected chi connectivity index (χ0v) is 16.8. The molecule has 0 bridgehead atoms. The zero-order valence-electron chi connectivity index (χ0n) is 16.8. The highest BCUT2D eigenvalue weighted by molar-refractivity contribution is 5.63. The van der Waals surface area contributed by atoms with Gasteiger partial charge in [-0.1, -0.05) is 94.9 Å². The van der Waals surface area contributed by atoms with Crippen molar-refractivity contribution in [3.8, 4) is 0 Å². The van der Waals surface area contributed by atoms with Gasteiger partial charge in [0.1, 0.15) is 0 Å². The molecule has 3 aromatic carbocycles. The molecule has 0 saturated heterocycles. The third kappa shape index (κ3) is 4.03. The van der Waals surface area contributed by atoms with E-state index in [1.165, 1.54) is 34.0 Å². The molecule has 0 aliphatic rings. The van der Waals surface area contributed by atoms with Crippen molar-refractivity contribution in [2.24, 2.45) is 0 Å². The van der Waals surface area contributed by atoms with Gasteiger partial charge in [-0.3, -0.25) is 0 Å². The fraction of sp³-hybridized carbons (Fsp3) is 0.208. The van der Waals surface area contributed by atoms with E-state index in [0.29, 0.717) is 0 Å². The summed E-state index contributed by atoms with van der Waals surface area (Å²) in [6.45, 7) is 2.06. The molecule has 3 rings (SSSR count). The Bertz CT molecular complexity index is 842. The van der Waals surface area contributed by atoms with Crippen molar-refractivity contribution in [1.82, 2.24) is 0 Å². The number of anilines is 3. The summed E-state index contributed by atoms with van der Waals surface area (Å²) in [5.74, 6) is 1.22. The van der Waals surface area contributed by atoms with E-state index >= 15 is 0 Å². The second-order valence-corrected chi connectivity index (χ2v) is 7.33. The minimum Gasteiger partial charge on any atom is -0.399 e. The van der Waals surface area contributed by atoms with Crippen LogP contribution in [0.4, 0.5) is 17.1 Å². The van der Waals surface area contributed by atoms with Gasteiger partial charge in [-0.2, -0.15) is 0 Å². The molecule has 27 heavy (non-hydrogen) atoms. The number of rotatable bonds is 5. The summed E-state index contributed by atoms with van der Waals surface area (Å²) in [6.07, 6.45) is 0. The van der Waals surface area contributed by atoms with Gasteiger partial charge in [-0.25, -0.2) is 0 Å². The van der Waals surface area contributed by atoms with Crippen LogP contribution in [0.5, 0.6) is 0 Å². The third-order valence-corrected chi connectivity index (χ3v) is 4.90. The molecule has 3 heteroatoms. The van der Waals surface area contributed by atoms with E-state index in [9.17, 15) is 0 Å². The Morgan fingerprint density at radius 3 is 1.41 bits per heavy atom. The van der Waals surface area contributed by atoms with Crippen molar-refractivity contribution in [3.63, 3.8) is 0 Å². The lowest BCUT2D eigenvalue weighted by atomic mass is 9.84. The number of hydrogen-bond donors (Lipinski definition) is 1. The van der Waals surface area contributed by atoms with E-state index in [0.717, 1.165) is 11.3 Å². The third-order valence-electron chi connectivity index (χ3n) is 4.90. The lowest BCUT2D eigenvalue weighted by Crippen LogP contribution is -2.11. The smallest absolute Gasteiger partial charge is 0.0253 e. The van der Waals surface area contributed by atoms with E-state index in [2.05, 4.69) is 106 Å². The van der Waals surface area contributed by atoms with E-state index < -0.39 is 0 Å². The number of nitrogens with two attached hydrogens (primary N) is 1. The van der Waals surface area contributed by atoms with Crippen molar-refractivity contribution in [2.75, 3.05) is 43.7 Å². The van der Waals surface area contributed by atoms with Gasteiger partial charge in [0.15, 0.2) is 0 Å². The van der Waals surface area contributed by atoms with Crippen molar-refractivity contribution in [1.29, 1.82) is 0 Å². The van der Waals surface area contributed by atoms with Crippen LogP contribution in [0.2, 0.25) is 0 Å². The predicted molar refractivity (Wildman–Crippen MR) is 118 cm³/mol. The summed E-state index contributed by atoms with van der Waals surface area (Å²) in [4.78, 5) is 4.23. The van der Waals surface area contributed by atoms with Crippen LogP contribution in [0, 0.1) is 12.8 Å². The minimum absolute atomic E-state index is 0.823. The van der Waals surface area contributed by atoms with Gasteiger partial charge in [0, 0.05) is 45.3 Å². The van der Waals surface area contributed by atoms with Gasteiger partial charge in [0.2, 0.25) is 0 Å². The van der Waals surface area contributed by atoms with Crippen molar-refractivity contribution < 1.29 is 0 Å². The maximum absolute atomic E-state index is 6.05. The standard InChI is InChI=1S/C24H28N3/c1-17-16-20(10-15-23(17)25)24(18-6-11-21(12-7-18)26(2)3)19-8-13-22(14-9-19)27(4)5/h6-16H,25H2,1-5H3/q-1. The molecule has 0 spiro atoms. The number of hydrogen-bond acceptors (Lipinski definition) is 3. The van der Waals surface area contributed by atoms with E-state index in [4.69, 9.17) is 5.73 Å². The molecule has 3 nitrogen and oxygen atoms in total. The SMILES string of the molecule is Cc1cc([C-](c2ccc(N(C)C)cc2)c2ccc(N(C)C)cc2)ccc1N. The summed E-state index contributed by atoms with van der Waals surface area (Å²) in [5, 5.41) is 0. The highest BCUT2D eigenvalue weighted by Crippen LogP contribution is 2.34. The van der Waals surface area contributed by atoms with Crippen LogP contribution >= 0.6 is 0 Å². The molecular weight excluding hydrogens is 330 g/mol. The highest BCUT2D eigenvalue weighted by atomic mass is 15.1. The summed E-state index contributed by atoms with van der Waals surface area (Å²) in [6, 6.07) is 23.7. The zero-order chi connectivity index (χ0) is 19.6. The van der Waals surface area contributed by atoms with Crippen molar-refractivity contribution in [3.05, 3.63) is 94.9 Å². The first-order valence-corrected chi connectivity index (χ1v) is 9.16. The Labute approximate surface area is 163 Å². The maximum Gasteiger partial charge on any atom is 0.0253 e. The van der Waals surface area contributed by atoms with Gasteiger partial charge in [0.25, 0.3) is 0 Å². The monoisotopic (exact) mass is 358 g/mol. The highest BCUT2D eigenvalue weighted by Gasteiger charge is 2.12. The molecule has 0 heterocycles. The van der Waals surface area contributed by atoms with Gasteiger partial charge in [0.05, 0.1) is 0 Å². The van der Waals surface area contributed by atoms with Gasteiger partial charge in [-0.05, 0) is 6.92 Å². The summed E-state index contributed by atoms with van der Waals surface area (Å²) in [7, 11) is 8.23. The number of aryl methyl sites for hydroxylation is 1. The summed E-state index contributed by atoms with van der Waals surface area (Å²) in [5.41, 5.74) is 13.9. The number of nitrogen functional groups attached to an aromatic ring is 1. The van der Waals surface area contributed by atoms with E-state index in [-0.39, 0.29) is 0 Å². The molecule has 0 fully saturated rings. The van der Waals surface area contributed by atoms with Crippen molar-refractivity contribution in [2.45, 2.75) is 6.92 Å². The molecule has 2 N–H and O–H groups in total. The van der Waals surface area contributed by atoms with Gasteiger partial charge in [-0.15, -0.1) is 0 Å². The molecule has 0 aromatic heterocycles. The van der Waals surface area contributed by atoms with Crippen LogP contribution in [0.15, 0.2) is 66.7 Å². The number of benzene rings is 3. The normalized spacial score (nSPS) is 10.6. The minimum atomic E-state index is 0.823. The van der Waals surface area contributed by atoms with Gasteiger partial charge >= 0.3 is 0 Å². The number of nitrogens with zero attached hydrogens (tertiary/aromatic N) is 2. The summed E-state index contributed by atoms with van der Waals surface area (Å²) < 4.78 is 0. The van der Waals surface area contributed by atoms with E-state index in [1.807, 2.05) is 6.07 Å². The lowest BCUT2D eigenvalue weighted by Gasteiger charge is -2.27. The molecular formula is C24H28N3-. The molecule has 140 valence electrons. The molecule has 0 aliphatic carbocycles. The summed E-state index contributed by atoms with van der Waals surface area (Å²) >= 11 is 0. The Hall–Kier alpha value is -3.07. The van der Waals surface area contributed by atoms with Crippen LogP contribution in [-0.2, 0) is 0 Å². The molecule has 0 unspecified atom stereocenters. The molecule has 0 atom stereocenters. The molecule has 0 amide bonds. The topological polar surface area (TPSA) is 32.5 Å². The molecule has 0 saturated carbocycles. The second-order valence-electron chi connectivity index (χ2n) is 7.33. The predicted octanol–water partition coefficient (Wildman–Crippen LogP) is 4.73. The van der Waals surface area contributed by atoms with Crippen LogP contribution in [0.1, 0.15) is 22.3 Å². The Morgan fingerprint density at radius 2 is 1.04 bits per heavy atom. The molecule has 0 radical (unpaired) electrons. The van der Waals surface area contributed by atoms with Crippen LogP contribution < -0.4 is 15.5 Å². The first-order valence-electron chi connectivity index (χ1n) is 9.16. The Balaban J connectivity index is 2.09. The molecule has 3 aromatic rings. The fourth-order valence-corrected chi connectivity index (χ4v) is 3.18. The maximum atomic E-state index is 6.05. The first kappa shape index (κ1) is 18.7.